The first kappa shape index (κ1) is 14.8. The first-order valence-corrected chi connectivity index (χ1v) is 8.01. The molecule has 1 saturated heterocycles. The van der Waals surface area contributed by atoms with Gasteiger partial charge in [0.15, 0.2) is 0 Å². The van der Waals surface area contributed by atoms with Crippen molar-refractivity contribution in [3.05, 3.63) is 33.9 Å². The minimum atomic E-state index is -0.360. The lowest BCUT2D eigenvalue weighted by molar-refractivity contribution is 0.0300. The summed E-state index contributed by atoms with van der Waals surface area (Å²) < 4.78 is 13.9. The first-order valence-electron chi connectivity index (χ1n) is 6.82. The van der Waals surface area contributed by atoms with Gasteiger partial charge >= 0.3 is 0 Å². The number of fused-ring (bicyclic) bond motifs is 1. The Morgan fingerprint density at radius 1 is 1.52 bits per heavy atom. The van der Waals surface area contributed by atoms with E-state index in [-0.39, 0.29) is 23.7 Å². The smallest absolute Gasteiger partial charge is 0.265 e. The number of nitrogens with zero attached hydrogens (tertiary/aromatic N) is 1. The van der Waals surface area contributed by atoms with E-state index < -0.39 is 0 Å². The predicted molar refractivity (Wildman–Crippen MR) is 82.5 cm³/mol. The van der Waals surface area contributed by atoms with Crippen molar-refractivity contribution in [2.75, 3.05) is 13.1 Å². The molecule has 0 aliphatic carbocycles. The molecule has 1 aromatic heterocycles. The second-order valence-corrected chi connectivity index (χ2v) is 6.90. The zero-order valence-corrected chi connectivity index (χ0v) is 13.0. The molecule has 3 nitrogen and oxygen atoms in total. The number of hydrogen-bond acceptors (Lipinski definition) is 3. The van der Waals surface area contributed by atoms with Gasteiger partial charge in [0.1, 0.15) is 10.7 Å². The molecule has 21 heavy (non-hydrogen) atoms. The molecule has 1 N–H and O–H groups in total. The van der Waals surface area contributed by atoms with Gasteiger partial charge in [-0.1, -0.05) is 18.5 Å². The minimum absolute atomic E-state index is 0.0494. The van der Waals surface area contributed by atoms with Crippen LogP contribution < -0.4 is 0 Å². The van der Waals surface area contributed by atoms with Crippen molar-refractivity contribution >= 4 is 38.9 Å². The van der Waals surface area contributed by atoms with E-state index in [0.717, 1.165) is 0 Å². The summed E-state index contributed by atoms with van der Waals surface area (Å²) in [5.74, 6) is -0.428. The number of benzene rings is 1. The third-order valence-electron chi connectivity index (χ3n) is 3.93. The number of likely N-dealkylation sites (tertiary alicyclic amines) is 1. The van der Waals surface area contributed by atoms with Crippen LogP contribution in [0.1, 0.15) is 23.0 Å². The van der Waals surface area contributed by atoms with Crippen molar-refractivity contribution in [3.63, 3.8) is 0 Å². The molecular formula is C15H15ClFNO2S. The van der Waals surface area contributed by atoms with E-state index in [1.165, 1.54) is 23.5 Å². The minimum Gasteiger partial charge on any atom is -0.393 e. The molecule has 2 aromatic rings. The van der Waals surface area contributed by atoms with E-state index >= 15 is 0 Å². The van der Waals surface area contributed by atoms with E-state index in [2.05, 4.69) is 0 Å². The third kappa shape index (κ3) is 2.65. The topological polar surface area (TPSA) is 40.5 Å². The molecule has 2 heterocycles. The van der Waals surface area contributed by atoms with E-state index in [4.69, 9.17) is 11.6 Å². The van der Waals surface area contributed by atoms with Crippen LogP contribution in [-0.4, -0.2) is 35.1 Å². The standard InChI is InChI=1S/C15H15ClFNO2S/c1-8-7-18(5-4-11(8)19)15(20)14-13(16)10-3-2-9(17)6-12(10)21-14/h2-3,6,8,11,19H,4-5,7H2,1H3. The highest BCUT2D eigenvalue weighted by Gasteiger charge is 2.30. The van der Waals surface area contributed by atoms with Gasteiger partial charge in [-0.25, -0.2) is 4.39 Å². The Labute approximate surface area is 130 Å². The maximum absolute atomic E-state index is 13.3. The Morgan fingerprint density at radius 3 is 3.00 bits per heavy atom. The summed E-state index contributed by atoms with van der Waals surface area (Å²) in [7, 11) is 0. The molecule has 2 unspecified atom stereocenters. The van der Waals surface area contributed by atoms with Crippen LogP contribution in [0.3, 0.4) is 0 Å². The van der Waals surface area contributed by atoms with Crippen molar-refractivity contribution < 1.29 is 14.3 Å². The number of hydrogen-bond donors (Lipinski definition) is 1. The highest BCUT2D eigenvalue weighted by molar-refractivity contribution is 7.21. The molecule has 112 valence electrons. The SMILES string of the molecule is CC1CN(C(=O)c2sc3cc(F)ccc3c2Cl)CCC1O. The van der Waals surface area contributed by atoms with Gasteiger partial charge in [0.2, 0.25) is 0 Å². The monoisotopic (exact) mass is 327 g/mol. The van der Waals surface area contributed by atoms with Crippen LogP contribution in [0.2, 0.25) is 5.02 Å². The summed E-state index contributed by atoms with van der Waals surface area (Å²) in [5, 5.41) is 10.8. The van der Waals surface area contributed by atoms with Gasteiger partial charge in [0.05, 0.1) is 11.1 Å². The normalized spacial score (nSPS) is 22.8. The highest BCUT2D eigenvalue weighted by Crippen LogP contribution is 2.37. The maximum atomic E-state index is 13.3. The van der Waals surface area contributed by atoms with Gasteiger partial charge in [0.25, 0.3) is 5.91 Å². The average molecular weight is 328 g/mol. The highest BCUT2D eigenvalue weighted by atomic mass is 35.5. The molecule has 1 aliphatic rings. The Bertz CT molecular complexity index is 702. The van der Waals surface area contributed by atoms with Gasteiger partial charge in [-0.3, -0.25) is 4.79 Å². The molecule has 1 aliphatic heterocycles. The summed E-state index contributed by atoms with van der Waals surface area (Å²) in [4.78, 5) is 14.8. The number of rotatable bonds is 1. The van der Waals surface area contributed by atoms with Crippen LogP contribution in [0, 0.1) is 11.7 Å². The lowest BCUT2D eigenvalue weighted by Gasteiger charge is -2.34. The van der Waals surface area contributed by atoms with Gasteiger partial charge in [-0.05, 0) is 30.5 Å². The van der Waals surface area contributed by atoms with Crippen LogP contribution in [0.5, 0.6) is 0 Å². The van der Waals surface area contributed by atoms with Crippen LogP contribution in [0.25, 0.3) is 10.1 Å². The molecule has 0 bridgehead atoms. The number of carbonyl (C=O) groups excluding carboxylic acids is 1. The number of aliphatic hydroxyl groups excluding tert-OH is 1. The van der Waals surface area contributed by atoms with Crippen molar-refractivity contribution in [1.82, 2.24) is 4.90 Å². The van der Waals surface area contributed by atoms with Crippen molar-refractivity contribution in [3.8, 4) is 0 Å². The second-order valence-electron chi connectivity index (χ2n) is 5.47. The van der Waals surface area contributed by atoms with Crippen LogP contribution in [0.4, 0.5) is 4.39 Å². The fourth-order valence-corrected chi connectivity index (χ4v) is 4.14. The average Bonchev–Trinajstić information content (AvgIpc) is 2.77. The molecule has 1 aromatic carbocycles. The number of halogens is 2. The van der Waals surface area contributed by atoms with Gasteiger partial charge < -0.3 is 10.0 Å². The number of piperidine rings is 1. The quantitative estimate of drug-likeness (QED) is 0.870. The third-order valence-corrected chi connectivity index (χ3v) is 5.58. The van der Waals surface area contributed by atoms with E-state index in [9.17, 15) is 14.3 Å². The zero-order chi connectivity index (χ0) is 15.1. The maximum Gasteiger partial charge on any atom is 0.265 e. The summed E-state index contributed by atoms with van der Waals surface area (Å²) in [6.45, 7) is 2.95. The van der Waals surface area contributed by atoms with Crippen molar-refractivity contribution in [1.29, 1.82) is 0 Å². The number of carbonyl (C=O) groups is 1. The zero-order valence-electron chi connectivity index (χ0n) is 11.5. The summed E-state index contributed by atoms with van der Waals surface area (Å²) in [6.07, 6.45) is 0.213. The van der Waals surface area contributed by atoms with Crippen LogP contribution in [-0.2, 0) is 0 Å². The molecule has 0 spiro atoms. The summed E-state index contributed by atoms with van der Waals surface area (Å²) in [5.41, 5.74) is 0. The predicted octanol–water partition coefficient (Wildman–Crippen LogP) is 3.54. The van der Waals surface area contributed by atoms with E-state index in [1.54, 1.807) is 11.0 Å². The lowest BCUT2D eigenvalue weighted by Crippen LogP contribution is -2.44. The molecule has 0 saturated carbocycles. The number of thiophene rings is 1. The largest absolute Gasteiger partial charge is 0.393 e. The molecule has 1 amide bonds. The van der Waals surface area contributed by atoms with Crippen molar-refractivity contribution in [2.45, 2.75) is 19.4 Å². The van der Waals surface area contributed by atoms with E-state index in [0.29, 0.717) is 39.5 Å². The lowest BCUT2D eigenvalue weighted by atomic mass is 9.96. The summed E-state index contributed by atoms with van der Waals surface area (Å²) in [6, 6.07) is 4.34. The number of aliphatic hydroxyl groups is 1. The van der Waals surface area contributed by atoms with Gasteiger partial charge in [-0.2, -0.15) is 0 Å². The fourth-order valence-electron chi connectivity index (χ4n) is 2.64. The molecular weight excluding hydrogens is 313 g/mol. The molecule has 2 atom stereocenters. The number of amides is 1. The Morgan fingerprint density at radius 2 is 2.29 bits per heavy atom. The Kier molecular flexibility index (Phi) is 3.90. The van der Waals surface area contributed by atoms with Crippen LogP contribution >= 0.6 is 22.9 Å². The first-order chi connectivity index (χ1) is 9.97. The van der Waals surface area contributed by atoms with Crippen LogP contribution in [0.15, 0.2) is 18.2 Å². The second kappa shape index (κ2) is 5.55. The molecule has 0 radical (unpaired) electrons. The van der Waals surface area contributed by atoms with Crippen molar-refractivity contribution in [2.24, 2.45) is 5.92 Å². The Hall–Kier alpha value is -1.17. The fraction of sp³-hybridized carbons (Fsp3) is 0.400. The van der Waals surface area contributed by atoms with E-state index in [1.807, 2.05) is 6.92 Å². The molecule has 3 rings (SSSR count). The Balaban J connectivity index is 1.93. The molecule has 1 fully saturated rings. The van der Waals surface area contributed by atoms with Gasteiger partial charge in [-0.15, -0.1) is 11.3 Å². The van der Waals surface area contributed by atoms with Gasteiger partial charge in [0, 0.05) is 23.2 Å². The molecule has 6 heteroatoms. The summed E-state index contributed by atoms with van der Waals surface area (Å²) >= 11 is 7.50.